The Morgan fingerprint density at radius 1 is 0.839 bits per heavy atom. The Morgan fingerprint density at radius 2 is 1.55 bits per heavy atom. The summed E-state index contributed by atoms with van der Waals surface area (Å²) >= 11 is 9.25. The highest BCUT2D eigenvalue weighted by Gasteiger charge is 2.15. The molecule has 9 heteroatoms. The maximum Gasteiger partial charge on any atom is 0.273 e. The molecule has 0 aliphatic carbocycles. The fourth-order valence-corrected chi connectivity index (χ4v) is 3.09. The minimum atomic E-state index is -0.590. The first-order valence-electron chi connectivity index (χ1n) is 8.98. The lowest BCUT2D eigenvalue weighted by atomic mass is 10.1. The van der Waals surface area contributed by atoms with Crippen LogP contribution in [0.3, 0.4) is 0 Å². The fourth-order valence-electron chi connectivity index (χ4n) is 2.65. The Morgan fingerprint density at radius 3 is 2.26 bits per heavy atom. The zero-order valence-electron chi connectivity index (χ0n) is 16.2. The second-order valence-electron chi connectivity index (χ2n) is 6.29. The third-order valence-electron chi connectivity index (χ3n) is 4.18. The Balaban J connectivity index is 1.65. The summed E-state index contributed by atoms with van der Waals surface area (Å²) in [4.78, 5) is 37.2. The van der Waals surface area contributed by atoms with Crippen molar-refractivity contribution in [2.45, 2.75) is 0 Å². The third-order valence-corrected chi connectivity index (χ3v) is 4.95. The Bertz CT molecular complexity index is 1140. The number of hydrogen-bond acceptors (Lipinski definition) is 4. The number of ether oxygens (including phenoxy) is 1. The lowest BCUT2D eigenvalue weighted by molar-refractivity contribution is 0.0845. The van der Waals surface area contributed by atoms with Crippen molar-refractivity contribution in [2.24, 2.45) is 0 Å². The monoisotopic (exact) mass is 501 g/mol. The normalized spacial score (nSPS) is 10.2. The molecule has 0 saturated carbocycles. The van der Waals surface area contributed by atoms with Crippen molar-refractivity contribution < 1.29 is 19.1 Å². The van der Waals surface area contributed by atoms with E-state index < -0.39 is 11.8 Å². The number of nitrogens with one attached hydrogen (secondary N) is 3. The van der Waals surface area contributed by atoms with Crippen LogP contribution in [0.15, 0.2) is 71.2 Å². The molecular weight excluding hydrogens is 486 g/mol. The Hall–Kier alpha value is -3.36. The van der Waals surface area contributed by atoms with Gasteiger partial charge in [0.1, 0.15) is 5.75 Å². The van der Waals surface area contributed by atoms with E-state index in [-0.39, 0.29) is 17.0 Å². The van der Waals surface area contributed by atoms with Crippen molar-refractivity contribution in [3.8, 4) is 5.75 Å². The molecule has 0 aromatic heterocycles. The molecule has 3 N–H and O–H groups in total. The predicted octanol–water partition coefficient (Wildman–Crippen LogP) is 4.44. The predicted molar refractivity (Wildman–Crippen MR) is 121 cm³/mol. The number of benzene rings is 3. The van der Waals surface area contributed by atoms with E-state index in [2.05, 4.69) is 32.1 Å². The standard InChI is InChI=1S/C22H17BrClN3O4/c1-31-19-10-9-16(24)12-18(19)22(30)27-26-21(29)14-3-2-4-17(11-14)25-20(28)13-5-7-15(23)8-6-13/h2-12H,1H3,(H,25,28)(H,26,29)(H,27,30). The molecule has 0 saturated heterocycles. The summed E-state index contributed by atoms with van der Waals surface area (Å²) < 4.78 is 5.99. The first-order valence-corrected chi connectivity index (χ1v) is 10.2. The second-order valence-corrected chi connectivity index (χ2v) is 7.65. The fraction of sp³-hybridized carbons (Fsp3) is 0.0455. The largest absolute Gasteiger partial charge is 0.496 e. The van der Waals surface area contributed by atoms with Crippen LogP contribution >= 0.6 is 27.5 Å². The number of carbonyl (C=O) groups is 3. The highest BCUT2D eigenvalue weighted by atomic mass is 79.9. The van der Waals surface area contributed by atoms with Gasteiger partial charge in [0, 0.05) is 26.3 Å². The van der Waals surface area contributed by atoms with Crippen LogP contribution in [-0.4, -0.2) is 24.8 Å². The number of halogens is 2. The molecule has 0 radical (unpaired) electrons. The van der Waals surface area contributed by atoms with Crippen LogP contribution in [-0.2, 0) is 0 Å². The van der Waals surface area contributed by atoms with E-state index in [1.54, 1.807) is 54.6 Å². The van der Waals surface area contributed by atoms with Gasteiger partial charge in [0.25, 0.3) is 17.7 Å². The number of methoxy groups -OCH3 is 1. The molecule has 0 aliphatic rings. The van der Waals surface area contributed by atoms with Gasteiger partial charge in [0.15, 0.2) is 0 Å². The molecule has 0 fully saturated rings. The molecule has 158 valence electrons. The van der Waals surface area contributed by atoms with Gasteiger partial charge in [-0.2, -0.15) is 0 Å². The lowest BCUT2D eigenvalue weighted by Gasteiger charge is -2.11. The number of carbonyl (C=O) groups excluding carboxylic acids is 3. The van der Waals surface area contributed by atoms with Crippen LogP contribution in [0.2, 0.25) is 5.02 Å². The first kappa shape index (κ1) is 22.3. The molecule has 0 atom stereocenters. The van der Waals surface area contributed by atoms with Gasteiger partial charge < -0.3 is 10.1 Å². The molecule has 31 heavy (non-hydrogen) atoms. The Kier molecular flexibility index (Phi) is 7.28. The van der Waals surface area contributed by atoms with Crippen LogP contribution in [0.1, 0.15) is 31.1 Å². The summed E-state index contributed by atoms with van der Waals surface area (Å²) in [5, 5.41) is 3.09. The summed E-state index contributed by atoms with van der Waals surface area (Å²) in [6.07, 6.45) is 0. The average molecular weight is 503 g/mol. The molecular formula is C22H17BrClN3O4. The van der Waals surface area contributed by atoms with E-state index in [0.717, 1.165) is 4.47 Å². The van der Waals surface area contributed by atoms with Gasteiger partial charge in [-0.25, -0.2) is 0 Å². The molecule has 3 amide bonds. The quantitative estimate of drug-likeness (QED) is 0.450. The summed E-state index contributed by atoms with van der Waals surface area (Å²) in [6, 6.07) is 17.8. The van der Waals surface area contributed by atoms with Gasteiger partial charge in [0.05, 0.1) is 12.7 Å². The Labute approximate surface area is 191 Å². The van der Waals surface area contributed by atoms with E-state index >= 15 is 0 Å². The van der Waals surface area contributed by atoms with Crippen molar-refractivity contribution in [3.63, 3.8) is 0 Å². The summed E-state index contributed by atoms with van der Waals surface area (Å²) in [5.41, 5.74) is 5.97. The third kappa shape index (κ3) is 5.84. The van der Waals surface area contributed by atoms with Gasteiger partial charge in [-0.3, -0.25) is 25.2 Å². The molecule has 7 nitrogen and oxygen atoms in total. The molecule has 0 unspecified atom stereocenters. The topological polar surface area (TPSA) is 96.5 Å². The summed E-state index contributed by atoms with van der Waals surface area (Å²) in [6.45, 7) is 0. The number of amides is 3. The smallest absolute Gasteiger partial charge is 0.273 e. The maximum absolute atomic E-state index is 12.4. The average Bonchev–Trinajstić information content (AvgIpc) is 2.77. The highest BCUT2D eigenvalue weighted by Crippen LogP contribution is 2.22. The van der Waals surface area contributed by atoms with Crippen molar-refractivity contribution in [3.05, 3.63) is 92.9 Å². The molecule has 3 aromatic carbocycles. The van der Waals surface area contributed by atoms with Crippen molar-refractivity contribution in [1.29, 1.82) is 0 Å². The van der Waals surface area contributed by atoms with E-state index in [1.807, 2.05) is 0 Å². The zero-order chi connectivity index (χ0) is 22.4. The van der Waals surface area contributed by atoms with Gasteiger partial charge in [-0.1, -0.05) is 33.6 Å². The second kappa shape index (κ2) is 10.1. The van der Waals surface area contributed by atoms with E-state index in [9.17, 15) is 14.4 Å². The number of anilines is 1. The van der Waals surface area contributed by atoms with Gasteiger partial charge >= 0.3 is 0 Å². The van der Waals surface area contributed by atoms with Crippen molar-refractivity contribution in [1.82, 2.24) is 10.9 Å². The minimum Gasteiger partial charge on any atom is -0.496 e. The van der Waals surface area contributed by atoms with Gasteiger partial charge in [-0.05, 0) is 60.7 Å². The lowest BCUT2D eigenvalue weighted by Crippen LogP contribution is -2.41. The van der Waals surface area contributed by atoms with Gasteiger partial charge in [0.2, 0.25) is 0 Å². The van der Waals surface area contributed by atoms with Crippen molar-refractivity contribution >= 4 is 50.9 Å². The van der Waals surface area contributed by atoms with Crippen LogP contribution in [0, 0.1) is 0 Å². The number of hydrogen-bond donors (Lipinski definition) is 3. The van der Waals surface area contributed by atoms with Crippen molar-refractivity contribution in [2.75, 3.05) is 12.4 Å². The number of rotatable bonds is 5. The zero-order valence-corrected chi connectivity index (χ0v) is 18.6. The van der Waals surface area contributed by atoms with Gasteiger partial charge in [-0.15, -0.1) is 0 Å². The van der Waals surface area contributed by atoms with E-state index in [0.29, 0.717) is 22.0 Å². The van der Waals surface area contributed by atoms with E-state index in [4.69, 9.17) is 16.3 Å². The molecule has 0 bridgehead atoms. The van der Waals surface area contributed by atoms with Crippen LogP contribution in [0.25, 0.3) is 0 Å². The molecule has 3 aromatic rings. The number of hydrazine groups is 1. The summed E-state index contributed by atoms with van der Waals surface area (Å²) in [5.74, 6) is -1.15. The molecule has 0 aliphatic heterocycles. The first-order chi connectivity index (χ1) is 14.9. The minimum absolute atomic E-state index is 0.172. The molecule has 0 heterocycles. The van der Waals surface area contributed by atoms with Crippen LogP contribution < -0.4 is 20.9 Å². The highest BCUT2D eigenvalue weighted by molar-refractivity contribution is 9.10. The SMILES string of the molecule is COc1ccc(Cl)cc1C(=O)NNC(=O)c1cccc(NC(=O)c2ccc(Br)cc2)c1. The van der Waals surface area contributed by atoms with Crippen LogP contribution in [0.5, 0.6) is 5.75 Å². The maximum atomic E-state index is 12.4. The van der Waals surface area contributed by atoms with Crippen LogP contribution in [0.4, 0.5) is 5.69 Å². The van der Waals surface area contributed by atoms with E-state index in [1.165, 1.54) is 19.2 Å². The molecule has 0 spiro atoms. The summed E-state index contributed by atoms with van der Waals surface area (Å²) in [7, 11) is 1.42. The molecule has 3 rings (SSSR count).